The Labute approximate surface area is 96.3 Å². The summed E-state index contributed by atoms with van der Waals surface area (Å²) >= 11 is 0. The summed E-state index contributed by atoms with van der Waals surface area (Å²) in [7, 11) is 0. The Balaban J connectivity index is 2.27. The van der Waals surface area contributed by atoms with Crippen LogP contribution in [0.4, 0.5) is 0 Å². The molecule has 0 bridgehead atoms. The van der Waals surface area contributed by atoms with E-state index in [9.17, 15) is 4.79 Å². The first-order valence-corrected chi connectivity index (χ1v) is 4.97. The molecular formula is C10H11N3O4. The SMILES string of the molecule is CC(O)COc1ccc2nc(C(=O)O)cn2n1. The Morgan fingerprint density at radius 3 is 3.00 bits per heavy atom. The lowest BCUT2D eigenvalue weighted by molar-refractivity contribution is 0.0691. The molecule has 0 spiro atoms. The fourth-order valence-corrected chi connectivity index (χ4v) is 1.25. The summed E-state index contributed by atoms with van der Waals surface area (Å²) in [5.74, 6) is -0.810. The van der Waals surface area contributed by atoms with E-state index in [0.29, 0.717) is 11.5 Å². The first kappa shape index (κ1) is 11.3. The monoisotopic (exact) mass is 237 g/mol. The third kappa shape index (κ3) is 2.51. The van der Waals surface area contributed by atoms with Crippen LogP contribution >= 0.6 is 0 Å². The van der Waals surface area contributed by atoms with Crippen LogP contribution in [0.25, 0.3) is 5.65 Å². The Bertz CT molecular complexity index is 549. The smallest absolute Gasteiger partial charge is 0.356 e. The Hall–Kier alpha value is -2.15. The molecule has 2 aromatic rings. The highest BCUT2D eigenvalue weighted by molar-refractivity contribution is 5.85. The van der Waals surface area contributed by atoms with Crippen molar-refractivity contribution in [1.82, 2.24) is 14.6 Å². The molecule has 7 heteroatoms. The minimum atomic E-state index is -1.11. The normalized spacial score (nSPS) is 12.6. The van der Waals surface area contributed by atoms with Crippen molar-refractivity contribution in [1.29, 1.82) is 0 Å². The second-order valence-electron chi connectivity index (χ2n) is 3.57. The average molecular weight is 237 g/mol. The summed E-state index contributed by atoms with van der Waals surface area (Å²) in [6.07, 6.45) is 0.706. The first-order chi connectivity index (χ1) is 8.06. The molecule has 90 valence electrons. The molecular weight excluding hydrogens is 226 g/mol. The molecule has 0 saturated carbocycles. The van der Waals surface area contributed by atoms with Gasteiger partial charge in [-0.2, -0.15) is 0 Å². The van der Waals surface area contributed by atoms with Crippen molar-refractivity contribution >= 4 is 11.6 Å². The zero-order chi connectivity index (χ0) is 12.4. The van der Waals surface area contributed by atoms with Gasteiger partial charge in [0.2, 0.25) is 5.88 Å². The molecule has 2 aromatic heterocycles. The molecule has 0 amide bonds. The summed E-state index contributed by atoms with van der Waals surface area (Å²) in [6.45, 7) is 1.72. The molecule has 2 rings (SSSR count). The van der Waals surface area contributed by atoms with E-state index in [1.165, 1.54) is 10.7 Å². The number of rotatable bonds is 4. The van der Waals surface area contributed by atoms with Crippen molar-refractivity contribution in [2.45, 2.75) is 13.0 Å². The van der Waals surface area contributed by atoms with Gasteiger partial charge in [0.15, 0.2) is 11.3 Å². The molecule has 2 N–H and O–H groups in total. The van der Waals surface area contributed by atoms with Gasteiger partial charge in [0.1, 0.15) is 6.61 Å². The maximum atomic E-state index is 10.7. The van der Waals surface area contributed by atoms with Gasteiger partial charge in [0.25, 0.3) is 0 Å². The van der Waals surface area contributed by atoms with E-state index in [2.05, 4.69) is 10.1 Å². The van der Waals surface area contributed by atoms with Gasteiger partial charge in [0.05, 0.1) is 12.3 Å². The molecule has 0 aliphatic carbocycles. The third-order valence-electron chi connectivity index (χ3n) is 1.99. The van der Waals surface area contributed by atoms with Crippen LogP contribution in [0.2, 0.25) is 0 Å². The number of aromatic nitrogens is 3. The predicted octanol–water partition coefficient (Wildman–Crippen LogP) is 0.187. The van der Waals surface area contributed by atoms with Crippen LogP contribution in [0.1, 0.15) is 17.4 Å². The van der Waals surface area contributed by atoms with Crippen LogP contribution in [-0.2, 0) is 0 Å². The van der Waals surface area contributed by atoms with Crippen molar-refractivity contribution in [3.05, 3.63) is 24.0 Å². The number of fused-ring (bicyclic) bond motifs is 1. The lowest BCUT2D eigenvalue weighted by Crippen LogP contribution is -2.13. The number of hydrogen-bond donors (Lipinski definition) is 2. The van der Waals surface area contributed by atoms with E-state index < -0.39 is 12.1 Å². The maximum Gasteiger partial charge on any atom is 0.356 e. The van der Waals surface area contributed by atoms with Crippen LogP contribution in [0.3, 0.4) is 0 Å². The fourth-order valence-electron chi connectivity index (χ4n) is 1.25. The standard InChI is InChI=1S/C10H11N3O4/c1-6(14)5-17-9-3-2-8-11-7(10(15)16)4-13(8)12-9/h2-4,6,14H,5H2,1H3,(H,15,16). The van der Waals surface area contributed by atoms with Crippen LogP contribution in [0, 0.1) is 0 Å². The number of carboxylic acids is 1. The predicted molar refractivity (Wildman–Crippen MR) is 57.1 cm³/mol. The first-order valence-electron chi connectivity index (χ1n) is 4.97. The molecule has 1 unspecified atom stereocenters. The highest BCUT2D eigenvalue weighted by Gasteiger charge is 2.10. The molecule has 7 nitrogen and oxygen atoms in total. The van der Waals surface area contributed by atoms with Gasteiger partial charge >= 0.3 is 5.97 Å². The zero-order valence-corrected chi connectivity index (χ0v) is 9.07. The van der Waals surface area contributed by atoms with Crippen molar-refractivity contribution in [3.8, 4) is 5.88 Å². The fraction of sp³-hybridized carbons (Fsp3) is 0.300. The number of aromatic carboxylic acids is 1. The Morgan fingerprint density at radius 2 is 2.35 bits per heavy atom. The summed E-state index contributed by atoms with van der Waals surface area (Å²) in [6, 6.07) is 3.16. The molecule has 0 aliphatic heterocycles. The number of nitrogens with zero attached hydrogens (tertiary/aromatic N) is 3. The van der Waals surface area contributed by atoms with E-state index in [1.807, 2.05) is 0 Å². The summed E-state index contributed by atoms with van der Waals surface area (Å²) in [4.78, 5) is 14.5. The van der Waals surface area contributed by atoms with Gasteiger partial charge in [-0.3, -0.25) is 0 Å². The number of ether oxygens (including phenoxy) is 1. The van der Waals surface area contributed by atoms with Crippen LogP contribution in [0.5, 0.6) is 5.88 Å². The van der Waals surface area contributed by atoms with Gasteiger partial charge < -0.3 is 14.9 Å². The highest BCUT2D eigenvalue weighted by Crippen LogP contribution is 2.10. The van der Waals surface area contributed by atoms with E-state index in [1.54, 1.807) is 19.1 Å². The number of aliphatic hydroxyl groups excluding tert-OH is 1. The van der Waals surface area contributed by atoms with E-state index in [4.69, 9.17) is 14.9 Å². The number of hydrogen-bond acceptors (Lipinski definition) is 5. The minimum absolute atomic E-state index is 0.0785. The topological polar surface area (TPSA) is 97.0 Å². The van der Waals surface area contributed by atoms with Crippen molar-refractivity contribution in [3.63, 3.8) is 0 Å². The van der Waals surface area contributed by atoms with E-state index in [0.717, 1.165) is 0 Å². The van der Waals surface area contributed by atoms with Crippen molar-refractivity contribution in [2.24, 2.45) is 0 Å². The lowest BCUT2D eigenvalue weighted by Gasteiger charge is -2.06. The Kier molecular flexibility index (Phi) is 2.92. The van der Waals surface area contributed by atoms with Crippen LogP contribution in [0.15, 0.2) is 18.3 Å². The molecule has 2 heterocycles. The van der Waals surface area contributed by atoms with Gasteiger partial charge in [-0.15, -0.1) is 5.10 Å². The second-order valence-corrected chi connectivity index (χ2v) is 3.57. The molecule has 0 saturated heterocycles. The summed E-state index contributed by atoms with van der Waals surface area (Å²) in [5.41, 5.74) is 0.344. The van der Waals surface area contributed by atoms with Gasteiger partial charge in [-0.05, 0) is 13.0 Å². The molecule has 1 atom stereocenters. The second kappa shape index (κ2) is 4.38. The summed E-state index contributed by atoms with van der Waals surface area (Å²) < 4.78 is 6.51. The van der Waals surface area contributed by atoms with E-state index in [-0.39, 0.29) is 12.3 Å². The molecule has 17 heavy (non-hydrogen) atoms. The van der Waals surface area contributed by atoms with Crippen LogP contribution < -0.4 is 4.74 Å². The number of carbonyl (C=O) groups is 1. The molecule has 0 radical (unpaired) electrons. The van der Waals surface area contributed by atoms with Gasteiger partial charge in [-0.25, -0.2) is 14.3 Å². The number of carboxylic acid groups (broad SMARTS) is 1. The van der Waals surface area contributed by atoms with Gasteiger partial charge in [-0.1, -0.05) is 0 Å². The average Bonchev–Trinajstić information content (AvgIpc) is 2.69. The van der Waals surface area contributed by atoms with E-state index >= 15 is 0 Å². The van der Waals surface area contributed by atoms with Crippen LogP contribution in [-0.4, -0.2) is 43.5 Å². The maximum absolute atomic E-state index is 10.7. The minimum Gasteiger partial charge on any atom is -0.476 e. The molecule has 0 fully saturated rings. The van der Waals surface area contributed by atoms with Gasteiger partial charge in [0, 0.05) is 6.07 Å². The molecule has 0 aliphatic rings. The largest absolute Gasteiger partial charge is 0.476 e. The quantitative estimate of drug-likeness (QED) is 0.787. The van der Waals surface area contributed by atoms with Crippen molar-refractivity contribution in [2.75, 3.05) is 6.61 Å². The highest BCUT2D eigenvalue weighted by atomic mass is 16.5. The number of imidazole rings is 1. The Morgan fingerprint density at radius 1 is 1.59 bits per heavy atom. The van der Waals surface area contributed by atoms with Crippen molar-refractivity contribution < 1.29 is 19.7 Å². The molecule has 0 aromatic carbocycles. The lowest BCUT2D eigenvalue weighted by atomic mass is 10.4. The zero-order valence-electron chi connectivity index (χ0n) is 9.07. The third-order valence-corrected chi connectivity index (χ3v) is 1.99. The summed E-state index contributed by atoms with van der Waals surface area (Å²) in [5, 5.41) is 21.8. The number of aliphatic hydroxyl groups is 1.